The van der Waals surface area contributed by atoms with Gasteiger partial charge in [0.25, 0.3) is 0 Å². The van der Waals surface area contributed by atoms with Gasteiger partial charge in [-0.1, -0.05) is 20.8 Å². The van der Waals surface area contributed by atoms with Crippen molar-refractivity contribution in [3.63, 3.8) is 0 Å². The molecule has 4 aliphatic rings. The number of hydrogen-bond donors (Lipinski definition) is 0. The van der Waals surface area contributed by atoms with Crippen LogP contribution in [0.15, 0.2) is 0 Å². The number of carbonyl (C=O) groups excluding carboxylic acids is 3. The predicted molar refractivity (Wildman–Crippen MR) is 122 cm³/mol. The van der Waals surface area contributed by atoms with Gasteiger partial charge < -0.3 is 9.47 Å². The van der Waals surface area contributed by atoms with Gasteiger partial charge in [0.15, 0.2) is 0 Å². The molecular formula is C27H42O5. The molecule has 4 aliphatic carbocycles. The molecule has 5 heteroatoms. The number of ketones is 1. The number of methoxy groups -OCH3 is 1. The second-order valence-electron chi connectivity index (χ2n) is 11.8. The zero-order valence-electron chi connectivity index (χ0n) is 20.7. The van der Waals surface area contributed by atoms with Crippen LogP contribution in [0.5, 0.6) is 0 Å². The lowest BCUT2D eigenvalue weighted by atomic mass is 9.43. The van der Waals surface area contributed by atoms with Gasteiger partial charge in [-0.15, -0.1) is 0 Å². The molecule has 0 aromatic rings. The first-order chi connectivity index (χ1) is 15.1. The molecule has 4 rings (SSSR count). The molecule has 0 aliphatic heterocycles. The number of rotatable bonds is 5. The number of ether oxygens (including phenoxy) is 2. The van der Waals surface area contributed by atoms with Crippen molar-refractivity contribution in [2.45, 2.75) is 98.0 Å². The first-order valence-electron chi connectivity index (χ1n) is 12.9. The van der Waals surface area contributed by atoms with Crippen LogP contribution in [0.1, 0.15) is 91.9 Å². The Hall–Kier alpha value is -1.39. The molecule has 9 atom stereocenters. The Kier molecular flexibility index (Phi) is 6.50. The molecule has 0 aromatic heterocycles. The highest BCUT2D eigenvalue weighted by Crippen LogP contribution is 2.68. The lowest BCUT2D eigenvalue weighted by Gasteiger charge is -2.61. The van der Waals surface area contributed by atoms with Crippen LogP contribution in [0.3, 0.4) is 0 Å². The average Bonchev–Trinajstić information content (AvgIpc) is 3.10. The maximum Gasteiger partial charge on any atom is 0.305 e. The molecule has 4 fully saturated rings. The minimum atomic E-state index is -0.222. The Bertz CT molecular complexity index is 761. The summed E-state index contributed by atoms with van der Waals surface area (Å²) in [6.45, 7) is 8.54. The fourth-order valence-corrected chi connectivity index (χ4v) is 9.09. The Labute approximate surface area is 193 Å². The molecule has 0 heterocycles. The minimum absolute atomic E-state index is 0.0439. The van der Waals surface area contributed by atoms with Crippen molar-refractivity contribution in [2.75, 3.05) is 7.11 Å². The molecule has 5 nitrogen and oxygen atoms in total. The second-order valence-corrected chi connectivity index (χ2v) is 11.8. The highest BCUT2D eigenvalue weighted by Gasteiger charge is 2.64. The molecule has 0 N–H and O–H groups in total. The molecule has 0 amide bonds. The van der Waals surface area contributed by atoms with E-state index in [2.05, 4.69) is 20.8 Å². The van der Waals surface area contributed by atoms with Gasteiger partial charge >= 0.3 is 11.9 Å². The predicted octanol–water partition coefficient (Wildman–Crippen LogP) is 5.35. The van der Waals surface area contributed by atoms with Crippen LogP contribution in [-0.2, 0) is 23.9 Å². The monoisotopic (exact) mass is 446 g/mol. The molecule has 4 saturated carbocycles. The quantitative estimate of drug-likeness (QED) is 0.533. The number of esters is 2. The SMILES string of the molecule is COC(=O)CC[C@@H](C)[C@H]1CC[C@H]2[C@@H]3CC(=O)[C@@H]4CCCC(OC(C)=O)[C@]4(C)[C@H]3CC[C@]12C. The van der Waals surface area contributed by atoms with E-state index >= 15 is 0 Å². The van der Waals surface area contributed by atoms with E-state index in [-0.39, 0.29) is 34.8 Å². The van der Waals surface area contributed by atoms with Gasteiger partial charge in [0.05, 0.1) is 7.11 Å². The summed E-state index contributed by atoms with van der Waals surface area (Å²) in [4.78, 5) is 37.1. The molecule has 0 bridgehead atoms. The second kappa shape index (κ2) is 8.76. The number of hydrogen-bond acceptors (Lipinski definition) is 5. The topological polar surface area (TPSA) is 69.7 Å². The van der Waals surface area contributed by atoms with Gasteiger partial charge in [0.2, 0.25) is 0 Å². The highest BCUT2D eigenvalue weighted by molar-refractivity contribution is 5.83. The van der Waals surface area contributed by atoms with E-state index in [4.69, 9.17) is 9.47 Å². The van der Waals surface area contributed by atoms with Crippen LogP contribution >= 0.6 is 0 Å². The van der Waals surface area contributed by atoms with E-state index in [1.807, 2.05) is 0 Å². The summed E-state index contributed by atoms with van der Waals surface area (Å²) in [6, 6.07) is 0. The minimum Gasteiger partial charge on any atom is -0.469 e. The zero-order chi connectivity index (χ0) is 23.3. The lowest BCUT2D eigenvalue weighted by Crippen LogP contribution is -2.61. The van der Waals surface area contributed by atoms with E-state index in [1.165, 1.54) is 33.3 Å². The molecular weight excluding hydrogens is 404 g/mol. The summed E-state index contributed by atoms with van der Waals surface area (Å²) >= 11 is 0. The van der Waals surface area contributed by atoms with E-state index in [1.54, 1.807) is 0 Å². The lowest BCUT2D eigenvalue weighted by molar-refractivity contribution is -0.192. The van der Waals surface area contributed by atoms with Crippen molar-refractivity contribution in [1.82, 2.24) is 0 Å². The number of carbonyl (C=O) groups is 3. The summed E-state index contributed by atoms with van der Waals surface area (Å²) in [7, 11) is 1.46. The fourth-order valence-electron chi connectivity index (χ4n) is 9.09. The van der Waals surface area contributed by atoms with Crippen molar-refractivity contribution in [2.24, 2.45) is 46.3 Å². The van der Waals surface area contributed by atoms with Crippen LogP contribution in [0.25, 0.3) is 0 Å². The van der Waals surface area contributed by atoms with E-state index < -0.39 is 0 Å². The zero-order valence-corrected chi connectivity index (χ0v) is 20.7. The van der Waals surface area contributed by atoms with E-state index in [0.29, 0.717) is 48.2 Å². The molecule has 0 radical (unpaired) electrons. The normalized spacial score (nSPS) is 44.1. The first kappa shape index (κ1) is 23.8. The number of Topliss-reactive ketones (excluding diaryl/α,β-unsaturated/α-hetero) is 1. The summed E-state index contributed by atoms with van der Waals surface area (Å²) in [5, 5.41) is 0. The van der Waals surface area contributed by atoms with Crippen LogP contribution in [0, 0.1) is 46.3 Å². The maximum absolute atomic E-state index is 13.4. The standard InChI is InChI=1S/C27H42O5/c1-16(9-12-25(30)31-5)19-10-11-20-18-15-23(29)22-7-6-8-24(32-17(2)28)27(22,4)21(18)13-14-26(19,20)3/h16,18-22,24H,6-15H2,1-5H3/t16-,18+,19-,20+,21+,22+,24?,26-,27-/m1/s1. The molecule has 1 unspecified atom stereocenters. The smallest absolute Gasteiger partial charge is 0.305 e. The van der Waals surface area contributed by atoms with E-state index in [0.717, 1.165) is 32.1 Å². The molecule has 32 heavy (non-hydrogen) atoms. The number of fused-ring (bicyclic) bond motifs is 5. The van der Waals surface area contributed by atoms with Crippen molar-refractivity contribution in [3.8, 4) is 0 Å². The summed E-state index contributed by atoms with van der Waals surface area (Å²) < 4.78 is 10.8. The van der Waals surface area contributed by atoms with Gasteiger partial charge in [-0.3, -0.25) is 14.4 Å². The largest absolute Gasteiger partial charge is 0.469 e. The van der Waals surface area contributed by atoms with Crippen LogP contribution in [0.4, 0.5) is 0 Å². The van der Waals surface area contributed by atoms with Gasteiger partial charge in [-0.05, 0) is 86.4 Å². The van der Waals surface area contributed by atoms with Crippen LogP contribution < -0.4 is 0 Å². The van der Waals surface area contributed by atoms with Crippen LogP contribution in [0.2, 0.25) is 0 Å². The average molecular weight is 447 g/mol. The van der Waals surface area contributed by atoms with Gasteiger partial charge in [-0.2, -0.15) is 0 Å². The molecule has 0 saturated heterocycles. The van der Waals surface area contributed by atoms with Crippen molar-refractivity contribution in [3.05, 3.63) is 0 Å². The Morgan fingerprint density at radius 1 is 1.09 bits per heavy atom. The summed E-state index contributed by atoms with van der Waals surface area (Å²) in [5.74, 6) is 2.60. The van der Waals surface area contributed by atoms with Gasteiger partial charge in [-0.25, -0.2) is 0 Å². The summed E-state index contributed by atoms with van der Waals surface area (Å²) in [6.07, 6.45) is 9.42. The van der Waals surface area contributed by atoms with Crippen molar-refractivity contribution in [1.29, 1.82) is 0 Å². The Balaban J connectivity index is 1.58. The molecule has 0 aromatic carbocycles. The third-order valence-electron chi connectivity index (χ3n) is 10.6. The van der Waals surface area contributed by atoms with Crippen molar-refractivity contribution >= 4 is 17.7 Å². The Morgan fingerprint density at radius 3 is 2.53 bits per heavy atom. The molecule has 180 valence electrons. The van der Waals surface area contributed by atoms with Crippen LogP contribution in [-0.4, -0.2) is 30.9 Å². The fraction of sp³-hybridized carbons (Fsp3) is 0.889. The third kappa shape index (κ3) is 3.72. The molecule has 0 spiro atoms. The van der Waals surface area contributed by atoms with Crippen molar-refractivity contribution < 1.29 is 23.9 Å². The maximum atomic E-state index is 13.4. The summed E-state index contributed by atoms with van der Waals surface area (Å²) in [5.41, 5.74) is 0.00557. The van der Waals surface area contributed by atoms with Gasteiger partial charge in [0.1, 0.15) is 11.9 Å². The van der Waals surface area contributed by atoms with E-state index in [9.17, 15) is 14.4 Å². The Morgan fingerprint density at radius 2 is 1.84 bits per heavy atom. The highest BCUT2D eigenvalue weighted by atomic mass is 16.5. The third-order valence-corrected chi connectivity index (χ3v) is 10.6. The van der Waals surface area contributed by atoms with Gasteiger partial charge in [0, 0.05) is 31.1 Å². The first-order valence-corrected chi connectivity index (χ1v) is 12.9.